The van der Waals surface area contributed by atoms with E-state index in [4.69, 9.17) is 4.74 Å². The van der Waals surface area contributed by atoms with Crippen LogP contribution in [0.5, 0.6) is 0 Å². The van der Waals surface area contributed by atoms with Crippen LogP contribution in [-0.4, -0.2) is 80.7 Å². The highest BCUT2D eigenvalue weighted by atomic mass is 32.2. The molecule has 156 valence electrons. The van der Waals surface area contributed by atoms with Crippen molar-refractivity contribution < 1.29 is 23.1 Å². The minimum absolute atomic E-state index is 0.329. The van der Waals surface area contributed by atoms with Gasteiger partial charge in [0.1, 0.15) is 5.54 Å². The summed E-state index contributed by atoms with van der Waals surface area (Å²) < 4.78 is 34.9. The molecule has 2 aliphatic rings. The van der Waals surface area contributed by atoms with Crippen molar-refractivity contribution in [1.29, 1.82) is 0 Å². The standard InChI is InChI=1S/C19H29N3O5S/c1-14-5-4-6-16(13-14)17-15(2)19(17,18(23)24)20-28(25,26)22-9-7-21(8-10-22)11-12-27-3/h4-6,13,15,17,20H,7-12H2,1-3H3,(H,23,24)/t15?,17-,19+/m1/s1. The summed E-state index contributed by atoms with van der Waals surface area (Å²) in [5.74, 6) is -1.85. The van der Waals surface area contributed by atoms with Crippen LogP contribution in [0.3, 0.4) is 0 Å². The predicted octanol–water partition coefficient (Wildman–Crippen LogP) is 0.650. The summed E-state index contributed by atoms with van der Waals surface area (Å²) in [5.41, 5.74) is 0.368. The van der Waals surface area contributed by atoms with Gasteiger partial charge in [-0.3, -0.25) is 9.69 Å². The smallest absolute Gasteiger partial charge is 0.325 e. The molecule has 1 aromatic rings. The van der Waals surface area contributed by atoms with Crippen molar-refractivity contribution in [2.45, 2.75) is 25.3 Å². The fraction of sp³-hybridized carbons (Fsp3) is 0.632. The largest absolute Gasteiger partial charge is 0.480 e. The Morgan fingerprint density at radius 1 is 1.32 bits per heavy atom. The fourth-order valence-electron chi connectivity index (χ4n) is 4.20. The summed E-state index contributed by atoms with van der Waals surface area (Å²) in [6.45, 7) is 6.93. The Morgan fingerprint density at radius 2 is 2.00 bits per heavy atom. The van der Waals surface area contributed by atoms with Crippen LogP contribution < -0.4 is 4.72 Å². The maximum absolute atomic E-state index is 13.0. The van der Waals surface area contributed by atoms with Gasteiger partial charge in [0.15, 0.2) is 0 Å². The minimum atomic E-state index is -3.91. The van der Waals surface area contributed by atoms with Gasteiger partial charge in [0, 0.05) is 45.8 Å². The Morgan fingerprint density at radius 3 is 2.57 bits per heavy atom. The molecule has 1 heterocycles. The number of ether oxygens (including phenoxy) is 1. The average molecular weight is 412 g/mol. The molecular weight excluding hydrogens is 382 g/mol. The first-order valence-corrected chi connectivity index (χ1v) is 11.0. The van der Waals surface area contributed by atoms with E-state index in [9.17, 15) is 18.3 Å². The molecule has 3 atom stereocenters. The highest BCUT2D eigenvalue weighted by Crippen LogP contribution is 2.58. The molecule has 0 spiro atoms. The van der Waals surface area contributed by atoms with Crippen molar-refractivity contribution in [3.05, 3.63) is 35.4 Å². The lowest BCUT2D eigenvalue weighted by Gasteiger charge is -2.34. The minimum Gasteiger partial charge on any atom is -0.480 e. The number of carbonyl (C=O) groups is 1. The van der Waals surface area contributed by atoms with Gasteiger partial charge in [-0.25, -0.2) is 0 Å². The summed E-state index contributed by atoms with van der Waals surface area (Å²) in [7, 11) is -2.27. The molecule has 3 rings (SSSR count). The van der Waals surface area contributed by atoms with E-state index in [2.05, 4.69) is 9.62 Å². The van der Waals surface area contributed by atoms with Gasteiger partial charge in [0.05, 0.1) is 6.61 Å². The van der Waals surface area contributed by atoms with Gasteiger partial charge < -0.3 is 9.84 Å². The molecule has 0 bridgehead atoms. The van der Waals surface area contributed by atoms with Gasteiger partial charge in [-0.2, -0.15) is 17.4 Å². The number of aryl methyl sites for hydroxylation is 1. The van der Waals surface area contributed by atoms with E-state index < -0.39 is 21.7 Å². The molecular formula is C19H29N3O5S. The topological polar surface area (TPSA) is 99.2 Å². The molecule has 2 fully saturated rings. The molecule has 9 heteroatoms. The Balaban J connectivity index is 1.74. The summed E-state index contributed by atoms with van der Waals surface area (Å²) in [4.78, 5) is 14.3. The van der Waals surface area contributed by atoms with E-state index in [0.29, 0.717) is 32.8 Å². The lowest BCUT2D eigenvalue weighted by molar-refractivity contribution is -0.140. The Hall–Kier alpha value is -1.52. The number of rotatable bonds is 8. The molecule has 0 aromatic heterocycles. The number of nitrogens with zero attached hydrogens (tertiary/aromatic N) is 2. The van der Waals surface area contributed by atoms with Crippen LogP contribution in [0.1, 0.15) is 24.0 Å². The van der Waals surface area contributed by atoms with Gasteiger partial charge in [0.2, 0.25) is 0 Å². The van der Waals surface area contributed by atoms with E-state index in [1.54, 1.807) is 14.0 Å². The zero-order chi connectivity index (χ0) is 20.5. The molecule has 8 nitrogen and oxygen atoms in total. The number of carboxylic acids is 1. The first-order valence-electron chi connectivity index (χ1n) is 9.52. The molecule has 1 saturated heterocycles. The van der Waals surface area contributed by atoms with Crippen LogP contribution in [-0.2, 0) is 19.7 Å². The van der Waals surface area contributed by atoms with Crippen molar-refractivity contribution in [3.63, 3.8) is 0 Å². The molecule has 28 heavy (non-hydrogen) atoms. The van der Waals surface area contributed by atoms with Gasteiger partial charge in [-0.05, 0) is 18.4 Å². The molecule has 1 saturated carbocycles. The van der Waals surface area contributed by atoms with Crippen LogP contribution in [0.25, 0.3) is 0 Å². The summed E-state index contributed by atoms with van der Waals surface area (Å²) in [6.07, 6.45) is 0. The van der Waals surface area contributed by atoms with Crippen LogP contribution in [0, 0.1) is 12.8 Å². The van der Waals surface area contributed by atoms with E-state index in [1.165, 1.54) is 4.31 Å². The van der Waals surface area contributed by atoms with Crippen LogP contribution in [0.2, 0.25) is 0 Å². The van der Waals surface area contributed by atoms with Gasteiger partial charge in [-0.15, -0.1) is 0 Å². The fourth-order valence-corrected chi connectivity index (χ4v) is 5.80. The lowest BCUT2D eigenvalue weighted by atomic mass is 10.0. The third kappa shape index (κ3) is 3.95. The monoisotopic (exact) mass is 411 g/mol. The van der Waals surface area contributed by atoms with Gasteiger partial charge in [-0.1, -0.05) is 36.8 Å². The maximum atomic E-state index is 13.0. The number of piperazine rings is 1. The highest BCUT2D eigenvalue weighted by molar-refractivity contribution is 7.87. The summed E-state index contributed by atoms with van der Waals surface area (Å²) >= 11 is 0. The number of nitrogens with one attached hydrogen (secondary N) is 1. The SMILES string of the molecule is COCCN1CCN(S(=O)(=O)N[C@@]2(C(=O)O)C(C)[C@@H]2c2cccc(C)c2)CC1. The first-order chi connectivity index (χ1) is 13.2. The Kier molecular flexibility index (Phi) is 6.11. The zero-order valence-corrected chi connectivity index (χ0v) is 17.4. The number of carboxylic acid groups (broad SMARTS) is 1. The quantitative estimate of drug-likeness (QED) is 0.652. The summed E-state index contributed by atoms with van der Waals surface area (Å²) in [5, 5.41) is 9.91. The Bertz CT molecular complexity index is 823. The van der Waals surface area contributed by atoms with Crippen LogP contribution in [0.15, 0.2) is 24.3 Å². The van der Waals surface area contributed by atoms with Gasteiger partial charge in [0.25, 0.3) is 10.2 Å². The normalized spacial score (nSPS) is 29.0. The zero-order valence-electron chi connectivity index (χ0n) is 16.6. The number of hydrogen-bond donors (Lipinski definition) is 2. The number of aliphatic carboxylic acids is 1. The molecule has 1 aliphatic heterocycles. The summed E-state index contributed by atoms with van der Waals surface area (Å²) in [6, 6.07) is 7.60. The number of methoxy groups -OCH3 is 1. The highest BCUT2D eigenvalue weighted by Gasteiger charge is 2.70. The number of hydrogen-bond acceptors (Lipinski definition) is 5. The maximum Gasteiger partial charge on any atom is 0.325 e. The predicted molar refractivity (Wildman–Crippen MR) is 105 cm³/mol. The second kappa shape index (κ2) is 8.08. The van der Waals surface area contributed by atoms with Crippen molar-refractivity contribution in [1.82, 2.24) is 13.9 Å². The van der Waals surface area contributed by atoms with E-state index in [-0.39, 0.29) is 11.8 Å². The Labute approximate surface area is 166 Å². The van der Waals surface area contributed by atoms with E-state index in [0.717, 1.165) is 17.7 Å². The molecule has 0 radical (unpaired) electrons. The third-order valence-electron chi connectivity index (χ3n) is 5.94. The van der Waals surface area contributed by atoms with Crippen molar-refractivity contribution >= 4 is 16.2 Å². The lowest BCUT2D eigenvalue weighted by Crippen LogP contribution is -2.56. The molecule has 1 unspecified atom stereocenters. The van der Waals surface area contributed by atoms with Crippen molar-refractivity contribution in [2.75, 3.05) is 46.4 Å². The molecule has 1 aromatic carbocycles. The van der Waals surface area contributed by atoms with Crippen molar-refractivity contribution in [2.24, 2.45) is 5.92 Å². The van der Waals surface area contributed by atoms with Crippen molar-refractivity contribution in [3.8, 4) is 0 Å². The van der Waals surface area contributed by atoms with Gasteiger partial charge >= 0.3 is 5.97 Å². The second-order valence-corrected chi connectivity index (χ2v) is 9.37. The average Bonchev–Trinajstić information content (AvgIpc) is 3.24. The van der Waals surface area contributed by atoms with Crippen LogP contribution >= 0.6 is 0 Å². The van der Waals surface area contributed by atoms with Crippen LogP contribution in [0.4, 0.5) is 0 Å². The van der Waals surface area contributed by atoms with E-state index in [1.807, 2.05) is 31.2 Å². The molecule has 1 aliphatic carbocycles. The van der Waals surface area contributed by atoms with E-state index >= 15 is 0 Å². The molecule has 0 amide bonds. The molecule has 2 N–H and O–H groups in total. The number of benzene rings is 1. The first kappa shape index (κ1) is 21.2. The third-order valence-corrected chi connectivity index (χ3v) is 7.58. The second-order valence-electron chi connectivity index (χ2n) is 7.70.